The molecule has 0 aromatic rings. The van der Waals surface area contributed by atoms with Crippen LogP contribution in [0.4, 0.5) is 0 Å². The van der Waals surface area contributed by atoms with Gasteiger partial charge in [-0.1, -0.05) is 0 Å². The quantitative estimate of drug-likeness (QED) is 0.340. The monoisotopic (exact) mass is 367 g/mol. The fourth-order valence-corrected chi connectivity index (χ4v) is 5.42. The van der Waals surface area contributed by atoms with Gasteiger partial charge in [0, 0.05) is 33.9 Å². The summed E-state index contributed by atoms with van der Waals surface area (Å²) in [7, 11) is 0.317. The number of hydrogen-bond donors (Lipinski definition) is 3. The van der Waals surface area contributed by atoms with Crippen LogP contribution in [-0.4, -0.2) is 63.9 Å². The summed E-state index contributed by atoms with van der Waals surface area (Å²) in [6.45, 7) is 12.8. The van der Waals surface area contributed by atoms with Crippen LogP contribution in [0, 0.1) is 0 Å². The molecule has 23 heavy (non-hydrogen) atoms. The van der Waals surface area contributed by atoms with Crippen molar-refractivity contribution in [1.29, 1.82) is 0 Å². The zero-order valence-corrected chi connectivity index (χ0v) is 18.2. The molecule has 0 radical (unpaired) electrons. The molecular weight excluding hydrogens is 326 g/mol. The Morgan fingerprint density at radius 1 is 0.870 bits per heavy atom. The fourth-order valence-electron chi connectivity index (χ4n) is 2.04. The van der Waals surface area contributed by atoms with E-state index in [1.807, 2.05) is 0 Å². The smallest absolute Gasteiger partial charge is 0.334 e. The average molecular weight is 368 g/mol. The summed E-state index contributed by atoms with van der Waals surface area (Å²) in [5, 5.41) is 3.24. The molecule has 0 saturated heterocycles. The maximum atomic E-state index is 5.61. The molecule has 0 unspecified atom stereocenters. The van der Waals surface area contributed by atoms with Crippen LogP contribution in [0.3, 0.4) is 0 Å². The molecule has 0 fully saturated rings. The van der Waals surface area contributed by atoms with Crippen LogP contribution in [0.5, 0.6) is 0 Å². The summed E-state index contributed by atoms with van der Waals surface area (Å²) in [5.74, 6) is 0. The molecule has 142 valence electrons. The molecule has 0 aliphatic rings. The van der Waals surface area contributed by atoms with Crippen LogP contribution in [0.2, 0.25) is 31.7 Å². The Bertz CT molecular complexity index is 256. The first-order valence-electron chi connectivity index (χ1n) is 8.66. The number of nitrogens with one attached hydrogen (secondary N) is 1. The van der Waals surface area contributed by atoms with Crippen molar-refractivity contribution >= 4 is 16.9 Å². The molecule has 6 nitrogen and oxygen atoms in total. The Kier molecular flexibility index (Phi) is 17.4. The molecule has 0 aliphatic heterocycles. The Labute approximate surface area is 146 Å². The maximum Gasteiger partial charge on any atom is 0.334 e. The zero-order valence-electron chi connectivity index (χ0n) is 16.2. The van der Waals surface area contributed by atoms with Gasteiger partial charge in [-0.15, -0.1) is 0 Å². The molecule has 0 heterocycles. The van der Waals surface area contributed by atoms with E-state index in [0.29, 0.717) is 6.54 Å². The van der Waals surface area contributed by atoms with E-state index in [0.717, 1.165) is 45.1 Å². The molecule has 0 aliphatic carbocycles. The Balaban J connectivity index is 0. The van der Waals surface area contributed by atoms with Gasteiger partial charge >= 0.3 is 8.56 Å². The normalized spacial score (nSPS) is 12.0. The minimum Gasteiger partial charge on any atom is -0.418 e. The van der Waals surface area contributed by atoms with Crippen molar-refractivity contribution in [2.45, 2.75) is 51.5 Å². The maximum absolute atomic E-state index is 5.61. The fraction of sp³-hybridized carbons (Fsp3) is 1.00. The lowest BCUT2D eigenvalue weighted by atomic mass is 10.5. The average Bonchev–Trinajstić information content (AvgIpc) is 2.53. The van der Waals surface area contributed by atoms with Gasteiger partial charge in [-0.2, -0.15) is 0 Å². The minimum absolute atomic E-state index is 0.698. The topological polar surface area (TPSA) is 91.8 Å². The van der Waals surface area contributed by atoms with Crippen molar-refractivity contribution in [3.8, 4) is 0 Å². The van der Waals surface area contributed by atoms with Gasteiger partial charge in [-0.05, 0) is 64.6 Å². The summed E-state index contributed by atoms with van der Waals surface area (Å²) in [6.07, 6.45) is 2.20. The highest BCUT2D eigenvalue weighted by atomic mass is 28.4. The van der Waals surface area contributed by atoms with Crippen molar-refractivity contribution in [1.82, 2.24) is 5.32 Å². The molecular formula is C15H41N3O3Si2. The Hall–Kier alpha value is 0.194. The van der Waals surface area contributed by atoms with Crippen molar-refractivity contribution in [2.24, 2.45) is 11.5 Å². The van der Waals surface area contributed by atoms with E-state index in [9.17, 15) is 0 Å². The van der Waals surface area contributed by atoms with Gasteiger partial charge in [0.15, 0.2) is 8.32 Å². The van der Waals surface area contributed by atoms with Gasteiger partial charge in [-0.25, -0.2) is 0 Å². The first-order valence-corrected chi connectivity index (χ1v) is 14.3. The van der Waals surface area contributed by atoms with Gasteiger partial charge in [-0.3, -0.25) is 0 Å². The van der Waals surface area contributed by atoms with Crippen molar-refractivity contribution in [3.05, 3.63) is 0 Å². The molecule has 0 aromatic heterocycles. The van der Waals surface area contributed by atoms with E-state index >= 15 is 0 Å². The van der Waals surface area contributed by atoms with Crippen LogP contribution >= 0.6 is 0 Å². The van der Waals surface area contributed by atoms with Gasteiger partial charge < -0.3 is 30.1 Å². The summed E-state index contributed by atoms with van der Waals surface area (Å²) < 4.78 is 16.3. The Morgan fingerprint density at radius 2 is 1.48 bits per heavy atom. The Morgan fingerprint density at radius 3 is 1.91 bits per heavy atom. The molecule has 0 rings (SSSR count). The minimum atomic E-state index is -1.83. The zero-order chi connectivity index (χ0) is 18.2. The number of hydrogen-bond acceptors (Lipinski definition) is 6. The summed E-state index contributed by atoms with van der Waals surface area (Å²) in [6, 6.07) is 2.22. The van der Waals surface area contributed by atoms with E-state index < -0.39 is 16.9 Å². The highest BCUT2D eigenvalue weighted by Gasteiger charge is 2.27. The summed E-state index contributed by atoms with van der Waals surface area (Å²) in [5.41, 5.74) is 10.7. The third-order valence-corrected chi connectivity index (χ3v) is 9.30. The lowest BCUT2D eigenvalue weighted by molar-refractivity contribution is 0.248. The molecule has 0 amide bonds. The van der Waals surface area contributed by atoms with Crippen LogP contribution < -0.4 is 16.8 Å². The lowest BCUT2D eigenvalue weighted by Crippen LogP contribution is -2.37. The van der Waals surface area contributed by atoms with Crippen LogP contribution in [0.25, 0.3) is 0 Å². The van der Waals surface area contributed by atoms with Crippen molar-refractivity contribution in [3.63, 3.8) is 0 Å². The molecule has 0 bridgehead atoms. The van der Waals surface area contributed by atoms with E-state index in [1.54, 1.807) is 14.2 Å². The predicted molar refractivity (Wildman–Crippen MR) is 105 cm³/mol. The third kappa shape index (κ3) is 16.8. The van der Waals surface area contributed by atoms with Crippen LogP contribution in [0.15, 0.2) is 0 Å². The second-order valence-electron chi connectivity index (χ2n) is 6.27. The van der Waals surface area contributed by atoms with E-state index in [1.165, 1.54) is 6.04 Å². The highest BCUT2D eigenvalue weighted by molar-refractivity contribution is 6.71. The predicted octanol–water partition coefficient (Wildman–Crippen LogP) is 1.87. The number of rotatable bonds is 13. The third-order valence-electron chi connectivity index (χ3n) is 3.69. The second-order valence-corrected chi connectivity index (χ2v) is 14.2. The van der Waals surface area contributed by atoms with Crippen LogP contribution in [0.1, 0.15) is 19.8 Å². The first-order chi connectivity index (χ1) is 10.8. The SMILES string of the molecule is CCO[Si](C)(C)CCCN.CO[Si](C)(CCCNCCN)OC. The summed E-state index contributed by atoms with van der Waals surface area (Å²) >= 11 is 0. The van der Waals surface area contributed by atoms with E-state index in [-0.39, 0.29) is 0 Å². The lowest BCUT2D eigenvalue weighted by Gasteiger charge is -2.22. The largest absolute Gasteiger partial charge is 0.418 e. The molecule has 5 N–H and O–H groups in total. The molecule has 0 atom stereocenters. The molecule has 0 aromatic carbocycles. The van der Waals surface area contributed by atoms with Gasteiger partial charge in [0.25, 0.3) is 0 Å². The first kappa shape index (κ1) is 25.4. The molecule has 0 saturated carbocycles. The molecule has 8 heteroatoms. The van der Waals surface area contributed by atoms with Gasteiger partial charge in [0.05, 0.1) is 0 Å². The number of nitrogens with two attached hydrogens (primary N) is 2. The van der Waals surface area contributed by atoms with Gasteiger partial charge in [0.2, 0.25) is 0 Å². The molecule has 0 spiro atoms. The van der Waals surface area contributed by atoms with Gasteiger partial charge in [0.1, 0.15) is 0 Å². The standard InChI is InChI=1S/C8H22N2O2Si.C7H19NOSi/c1-11-13(3,12-2)8-4-6-10-7-5-9;1-4-9-10(2,3)7-5-6-8/h10H,4-9H2,1-3H3;4-8H2,1-3H3. The van der Waals surface area contributed by atoms with Crippen molar-refractivity contribution in [2.75, 3.05) is 47.0 Å². The van der Waals surface area contributed by atoms with E-state index in [4.69, 9.17) is 24.7 Å². The van der Waals surface area contributed by atoms with Crippen LogP contribution in [-0.2, 0) is 13.3 Å². The van der Waals surface area contributed by atoms with E-state index in [2.05, 4.69) is 31.9 Å². The second kappa shape index (κ2) is 15.7. The summed E-state index contributed by atoms with van der Waals surface area (Å²) in [4.78, 5) is 0. The van der Waals surface area contributed by atoms with Crippen molar-refractivity contribution < 1.29 is 13.3 Å². The highest BCUT2D eigenvalue weighted by Crippen LogP contribution is 2.13.